The van der Waals surface area contributed by atoms with E-state index >= 15 is 0 Å². The van der Waals surface area contributed by atoms with E-state index in [0.29, 0.717) is 20.6 Å². The van der Waals surface area contributed by atoms with E-state index in [1.807, 2.05) is 0 Å². The van der Waals surface area contributed by atoms with Crippen molar-refractivity contribution in [3.05, 3.63) is 44.0 Å². The molecule has 0 saturated carbocycles. The Morgan fingerprint density at radius 3 is 2.83 bits per heavy atom. The molecule has 2 aromatic heterocycles. The summed E-state index contributed by atoms with van der Waals surface area (Å²) >= 11 is 6.25. The molecule has 2 N–H and O–H groups in total. The largest absolute Gasteiger partial charge is 0.506 e. The Morgan fingerprint density at radius 2 is 2.11 bits per heavy atom. The van der Waals surface area contributed by atoms with Crippen molar-refractivity contribution in [2.24, 2.45) is 0 Å². The normalized spacial score (nSPS) is 10.9. The van der Waals surface area contributed by atoms with Crippen molar-refractivity contribution in [1.82, 2.24) is 4.98 Å². The fourth-order valence-electron chi connectivity index (χ4n) is 1.77. The van der Waals surface area contributed by atoms with E-state index in [1.165, 1.54) is 11.3 Å². The van der Waals surface area contributed by atoms with Gasteiger partial charge in [0.15, 0.2) is 3.95 Å². The van der Waals surface area contributed by atoms with Crippen LogP contribution in [-0.2, 0) is 0 Å². The fourth-order valence-corrected chi connectivity index (χ4v) is 2.60. The summed E-state index contributed by atoms with van der Waals surface area (Å²) < 4.78 is 5.71. The van der Waals surface area contributed by atoms with E-state index in [-0.39, 0.29) is 11.3 Å². The summed E-state index contributed by atoms with van der Waals surface area (Å²) in [5.74, 6) is -0.0918. The van der Waals surface area contributed by atoms with Crippen molar-refractivity contribution < 1.29 is 9.52 Å². The number of aromatic nitrogens is 1. The van der Waals surface area contributed by atoms with Crippen LogP contribution in [0.2, 0.25) is 0 Å². The summed E-state index contributed by atoms with van der Waals surface area (Å²) in [6.07, 6.45) is 0. The number of rotatable bonds is 1. The van der Waals surface area contributed by atoms with Gasteiger partial charge in [0.2, 0.25) is 0 Å². The first-order valence-corrected chi connectivity index (χ1v) is 6.38. The van der Waals surface area contributed by atoms with Crippen LogP contribution in [0.1, 0.15) is 0 Å². The molecule has 0 fully saturated rings. The van der Waals surface area contributed by atoms with Crippen LogP contribution in [0.3, 0.4) is 0 Å². The second-order valence-electron chi connectivity index (χ2n) is 3.67. The molecule has 0 amide bonds. The van der Waals surface area contributed by atoms with Gasteiger partial charge >= 0.3 is 5.63 Å². The quantitative estimate of drug-likeness (QED) is 0.529. The number of fused-ring (bicyclic) bond motifs is 1. The van der Waals surface area contributed by atoms with E-state index in [2.05, 4.69) is 4.98 Å². The molecule has 0 aliphatic carbocycles. The molecule has 0 unspecified atom stereocenters. The second kappa shape index (κ2) is 4.08. The Labute approximate surface area is 110 Å². The zero-order valence-electron chi connectivity index (χ0n) is 8.97. The fraction of sp³-hybridized carbons (Fsp3) is 0. The van der Waals surface area contributed by atoms with Crippen LogP contribution >= 0.6 is 23.6 Å². The smallest absolute Gasteiger partial charge is 0.349 e. The first kappa shape index (κ1) is 11.2. The maximum Gasteiger partial charge on any atom is 0.349 e. The molecule has 0 aliphatic rings. The van der Waals surface area contributed by atoms with Crippen molar-refractivity contribution in [2.45, 2.75) is 0 Å². The summed E-state index contributed by atoms with van der Waals surface area (Å²) in [5.41, 5.74) is 0.357. The van der Waals surface area contributed by atoms with E-state index in [9.17, 15) is 9.90 Å². The predicted molar refractivity (Wildman–Crippen MR) is 72.6 cm³/mol. The second-order valence-corrected chi connectivity index (χ2v) is 5.22. The van der Waals surface area contributed by atoms with Gasteiger partial charge in [-0.3, -0.25) is 0 Å². The van der Waals surface area contributed by atoms with E-state index in [1.54, 1.807) is 29.6 Å². The third kappa shape index (κ3) is 1.66. The van der Waals surface area contributed by atoms with Gasteiger partial charge in [-0.15, -0.1) is 11.3 Å². The van der Waals surface area contributed by atoms with E-state index in [0.717, 1.165) is 0 Å². The van der Waals surface area contributed by atoms with Crippen LogP contribution in [0, 0.1) is 3.95 Å². The van der Waals surface area contributed by atoms with Crippen molar-refractivity contribution in [1.29, 1.82) is 0 Å². The third-order valence-corrected chi connectivity index (χ3v) is 3.64. The highest BCUT2D eigenvalue weighted by molar-refractivity contribution is 7.73. The number of para-hydroxylation sites is 1. The standard InChI is InChI=1S/C12H7NO3S2/c14-10-6-3-1-2-4-8(6)16-11(15)9(10)7-5-18-12(17)13-7/h1-5,14H,(H,13,17). The molecule has 0 bridgehead atoms. The summed E-state index contributed by atoms with van der Waals surface area (Å²) in [4.78, 5) is 14.7. The van der Waals surface area contributed by atoms with Gasteiger partial charge in [0.25, 0.3) is 0 Å². The highest BCUT2D eigenvalue weighted by atomic mass is 32.1. The lowest BCUT2D eigenvalue weighted by atomic mass is 10.1. The number of benzene rings is 1. The van der Waals surface area contributed by atoms with Crippen LogP contribution in [0.25, 0.3) is 22.2 Å². The Hall–Kier alpha value is -1.92. The number of aromatic amines is 1. The summed E-state index contributed by atoms with van der Waals surface area (Å²) in [6.45, 7) is 0. The number of H-pyrrole nitrogens is 1. The van der Waals surface area contributed by atoms with Crippen molar-refractivity contribution >= 4 is 34.5 Å². The van der Waals surface area contributed by atoms with Crippen molar-refractivity contribution in [3.63, 3.8) is 0 Å². The lowest BCUT2D eigenvalue weighted by Crippen LogP contribution is -2.03. The minimum Gasteiger partial charge on any atom is -0.506 e. The monoisotopic (exact) mass is 277 g/mol. The molecule has 0 saturated heterocycles. The van der Waals surface area contributed by atoms with Crippen LogP contribution in [0.4, 0.5) is 0 Å². The number of hydrogen-bond acceptors (Lipinski definition) is 5. The molecule has 3 aromatic rings. The zero-order chi connectivity index (χ0) is 12.7. The lowest BCUT2D eigenvalue weighted by molar-refractivity contribution is 0.471. The minimum absolute atomic E-state index is 0.0918. The third-order valence-electron chi connectivity index (χ3n) is 2.58. The van der Waals surface area contributed by atoms with Crippen LogP contribution in [-0.4, -0.2) is 10.1 Å². The maximum absolute atomic E-state index is 11.9. The molecule has 0 spiro atoms. The first-order chi connectivity index (χ1) is 8.66. The number of thiazole rings is 1. The Kier molecular flexibility index (Phi) is 2.53. The van der Waals surface area contributed by atoms with Gasteiger partial charge in [-0.2, -0.15) is 0 Å². The topological polar surface area (TPSA) is 66.2 Å². The predicted octanol–water partition coefficient (Wildman–Crippen LogP) is 3.28. The molecule has 3 rings (SSSR count). The molecule has 6 heteroatoms. The maximum atomic E-state index is 11.9. The highest BCUT2D eigenvalue weighted by Gasteiger charge is 2.16. The summed E-state index contributed by atoms with van der Waals surface area (Å²) in [7, 11) is 0. The minimum atomic E-state index is -0.588. The molecule has 2 heterocycles. The Balaban J connectivity index is 2.43. The van der Waals surface area contributed by atoms with Gasteiger partial charge in [0.1, 0.15) is 16.9 Å². The Morgan fingerprint density at radius 1 is 1.33 bits per heavy atom. The Bertz CT molecular complexity index is 844. The zero-order valence-corrected chi connectivity index (χ0v) is 10.6. The molecule has 0 atom stereocenters. The lowest BCUT2D eigenvalue weighted by Gasteiger charge is -2.03. The molecule has 4 nitrogen and oxygen atoms in total. The average Bonchev–Trinajstić information content (AvgIpc) is 2.76. The molecular weight excluding hydrogens is 270 g/mol. The van der Waals surface area contributed by atoms with Crippen LogP contribution < -0.4 is 5.63 Å². The average molecular weight is 277 g/mol. The SMILES string of the molecule is O=c1oc2ccccc2c(O)c1-c1csc(=S)[nH]1. The first-order valence-electron chi connectivity index (χ1n) is 5.10. The van der Waals surface area contributed by atoms with E-state index in [4.69, 9.17) is 16.6 Å². The van der Waals surface area contributed by atoms with Gasteiger partial charge in [0, 0.05) is 5.38 Å². The van der Waals surface area contributed by atoms with Crippen LogP contribution in [0.15, 0.2) is 38.9 Å². The van der Waals surface area contributed by atoms with Gasteiger partial charge in [-0.1, -0.05) is 12.1 Å². The number of hydrogen-bond donors (Lipinski definition) is 2. The van der Waals surface area contributed by atoms with Crippen molar-refractivity contribution in [3.8, 4) is 17.0 Å². The molecule has 0 aliphatic heterocycles. The molecule has 18 heavy (non-hydrogen) atoms. The number of nitrogens with one attached hydrogen (secondary N) is 1. The number of aromatic hydroxyl groups is 1. The van der Waals surface area contributed by atoms with E-state index < -0.39 is 5.63 Å². The van der Waals surface area contributed by atoms with Gasteiger partial charge in [-0.25, -0.2) is 4.79 Å². The molecule has 90 valence electrons. The van der Waals surface area contributed by atoms with Gasteiger partial charge in [0.05, 0.1) is 11.1 Å². The van der Waals surface area contributed by atoms with Crippen molar-refractivity contribution in [2.75, 3.05) is 0 Å². The summed E-state index contributed by atoms with van der Waals surface area (Å²) in [6, 6.07) is 6.83. The molecule has 0 radical (unpaired) electrons. The molecular formula is C12H7NO3S2. The molecule has 1 aromatic carbocycles. The van der Waals surface area contributed by atoms with Gasteiger partial charge < -0.3 is 14.5 Å². The van der Waals surface area contributed by atoms with Crippen LogP contribution in [0.5, 0.6) is 5.75 Å². The summed E-state index contributed by atoms with van der Waals surface area (Å²) in [5, 5.41) is 12.4. The highest BCUT2D eigenvalue weighted by Crippen LogP contribution is 2.32. The van der Waals surface area contributed by atoms with Gasteiger partial charge in [-0.05, 0) is 24.4 Å².